The van der Waals surface area contributed by atoms with E-state index in [9.17, 15) is 4.79 Å². The number of anilines is 1. The summed E-state index contributed by atoms with van der Waals surface area (Å²) in [6, 6.07) is 5.81. The van der Waals surface area contributed by atoms with Gasteiger partial charge in [-0.15, -0.1) is 0 Å². The zero-order valence-electron chi connectivity index (χ0n) is 13.8. The van der Waals surface area contributed by atoms with E-state index in [0.717, 1.165) is 47.4 Å². The Morgan fingerprint density at radius 2 is 2.26 bits per heavy atom. The van der Waals surface area contributed by atoms with Crippen molar-refractivity contribution in [2.45, 2.75) is 40.0 Å². The average molecular weight is 314 g/mol. The zero-order chi connectivity index (χ0) is 16.4. The van der Waals surface area contributed by atoms with Crippen LogP contribution in [0.15, 0.2) is 22.7 Å². The molecule has 0 radical (unpaired) electrons. The van der Waals surface area contributed by atoms with Gasteiger partial charge in [0.2, 0.25) is 5.88 Å². The number of hydrogen-bond acceptors (Lipinski definition) is 4. The number of aromatic nitrogens is 1. The molecule has 1 aliphatic carbocycles. The maximum atomic E-state index is 12.1. The highest BCUT2D eigenvalue weighted by atomic mass is 16.5. The molecule has 1 aliphatic rings. The minimum atomic E-state index is -0.233. The van der Waals surface area contributed by atoms with Gasteiger partial charge in [0.05, 0.1) is 5.69 Å². The molecule has 1 atom stereocenters. The first kappa shape index (κ1) is 15.6. The predicted octanol–water partition coefficient (Wildman–Crippen LogP) is 3.43. The Labute approximate surface area is 136 Å². The van der Waals surface area contributed by atoms with E-state index in [0.29, 0.717) is 11.8 Å². The first-order valence-corrected chi connectivity index (χ1v) is 8.01. The lowest BCUT2D eigenvalue weighted by atomic mass is 9.89. The number of hydrogen-bond donors (Lipinski definition) is 1. The van der Waals surface area contributed by atoms with Gasteiger partial charge in [-0.2, -0.15) is 0 Å². The second kappa shape index (κ2) is 6.44. The molecular weight excluding hydrogens is 292 g/mol. The van der Waals surface area contributed by atoms with Crippen LogP contribution in [0.5, 0.6) is 5.75 Å². The molecule has 0 aliphatic heterocycles. The molecule has 0 saturated carbocycles. The minimum absolute atomic E-state index is 0.0463. The molecule has 0 bridgehead atoms. The quantitative estimate of drug-likeness (QED) is 0.939. The number of fused-ring (bicyclic) bond motifs is 1. The molecule has 2 aromatic rings. The molecule has 3 rings (SSSR count). The molecule has 0 saturated heterocycles. The van der Waals surface area contributed by atoms with Crippen LogP contribution in [0.1, 0.15) is 35.7 Å². The highest BCUT2D eigenvalue weighted by Crippen LogP contribution is 2.30. The van der Waals surface area contributed by atoms with Gasteiger partial charge in [0, 0.05) is 5.56 Å². The molecule has 1 aromatic carbocycles. The van der Waals surface area contributed by atoms with Gasteiger partial charge in [-0.05, 0) is 56.2 Å². The van der Waals surface area contributed by atoms with Crippen molar-refractivity contribution in [2.75, 3.05) is 11.9 Å². The molecule has 23 heavy (non-hydrogen) atoms. The van der Waals surface area contributed by atoms with Gasteiger partial charge in [0.25, 0.3) is 5.91 Å². The second-order valence-electron chi connectivity index (χ2n) is 6.32. The molecule has 0 fully saturated rings. The van der Waals surface area contributed by atoms with Gasteiger partial charge < -0.3 is 9.26 Å². The van der Waals surface area contributed by atoms with Crippen molar-refractivity contribution >= 4 is 11.8 Å². The van der Waals surface area contributed by atoms with Gasteiger partial charge in [-0.25, -0.2) is 0 Å². The maximum Gasteiger partial charge on any atom is 0.264 e. The number of nitrogens with one attached hydrogen (secondary N) is 1. The van der Waals surface area contributed by atoms with Crippen molar-refractivity contribution in [3.8, 4) is 5.75 Å². The first-order chi connectivity index (χ1) is 11.0. The Balaban J connectivity index is 1.62. The third-order valence-corrected chi connectivity index (χ3v) is 4.46. The van der Waals surface area contributed by atoms with Crippen molar-refractivity contribution < 1.29 is 14.1 Å². The van der Waals surface area contributed by atoms with Gasteiger partial charge in [-0.3, -0.25) is 10.1 Å². The largest absolute Gasteiger partial charge is 0.483 e. The van der Waals surface area contributed by atoms with Crippen molar-refractivity contribution in [1.29, 1.82) is 0 Å². The van der Waals surface area contributed by atoms with Crippen LogP contribution in [0.2, 0.25) is 0 Å². The Morgan fingerprint density at radius 1 is 1.43 bits per heavy atom. The molecular formula is C18H22N2O3. The summed E-state index contributed by atoms with van der Waals surface area (Å²) < 4.78 is 10.9. The number of benzene rings is 1. The standard InChI is InChI=1S/C18H22N2O3/c1-11-7-8-15-14(9-11)18(23-20-15)19-17(21)10-22-16-6-4-5-12(2)13(16)3/h4-6,11H,7-10H2,1-3H3,(H,19,21)/t11-/m1/s1. The Kier molecular flexibility index (Phi) is 4.37. The zero-order valence-corrected chi connectivity index (χ0v) is 13.8. The minimum Gasteiger partial charge on any atom is -0.483 e. The topological polar surface area (TPSA) is 64.4 Å². The number of ether oxygens (including phenoxy) is 1. The lowest BCUT2D eigenvalue weighted by Gasteiger charge is -2.16. The molecule has 0 spiro atoms. The van der Waals surface area contributed by atoms with E-state index in [4.69, 9.17) is 9.26 Å². The first-order valence-electron chi connectivity index (χ1n) is 8.01. The van der Waals surface area contributed by atoms with Crippen LogP contribution < -0.4 is 10.1 Å². The maximum absolute atomic E-state index is 12.1. The molecule has 1 N–H and O–H groups in total. The number of carbonyl (C=O) groups excluding carboxylic acids is 1. The predicted molar refractivity (Wildman–Crippen MR) is 87.7 cm³/mol. The van der Waals surface area contributed by atoms with Crippen molar-refractivity contribution in [1.82, 2.24) is 5.16 Å². The third kappa shape index (κ3) is 3.38. The summed E-state index contributed by atoms with van der Waals surface area (Å²) in [5.74, 6) is 1.56. The molecule has 5 nitrogen and oxygen atoms in total. The fraction of sp³-hybridized carbons (Fsp3) is 0.444. The average Bonchev–Trinajstić information content (AvgIpc) is 2.91. The van der Waals surface area contributed by atoms with E-state index in [1.54, 1.807) is 0 Å². The Hall–Kier alpha value is -2.30. The van der Waals surface area contributed by atoms with Crippen LogP contribution in [0.25, 0.3) is 0 Å². The van der Waals surface area contributed by atoms with E-state index in [-0.39, 0.29) is 12.5 Å². The summed E-state index contributed by atoms with van der Waals surface area (Å²) in [4.78, 5) is 12.1. The van der Waals surface area contributed by atoms with Crippen LogP contribution in [-0.4, -0.2) is 17.7 Å². The van der Waals surface area contributed by atoms with E-state index in [2.05, 4.69) is 17.4 Å². The summed E-state index contributed by atoms with van der Waals surface area (Å²) in [6.45, 7) is 6.15. The number of carbonyl (C=O) groups is 1. The van der Waals surface area contributed by atoms with E-state index >= 15 is 0 Å². The summed E-state index contributed by atoms with van der Waals surface area (Å²) in [5, 5.41) is 6.84. The SMILES string of the molecule is Cc1cccc(OCC(=O)Nc2onc3c2C[C@H](C)CC3)c1C. The van der Waals surface area contributed by atoms with E-state index in [1.165, 1.54) is 0 Å². The Morgan fingerprint density at radius 3 is 3.09 bits per heavy atom. The summed E-state index contributed by atoms with van der Waals surface area (Å²) in [6.07, 6.45) is 2.92. The third-order valence-electron chi connectivity index (χ3n) is 4.46. The fourth-order valence-electron chi connectivity index (χ4n) is 2.87. The van der Waals surface area contributed by atoms with Crippen molar-refractivity contribution in [2.24, 2.45) is 5.92 Å². The molecule has 1 heterocycles. The van der Waals surface area contributed by atoms with Gasteiger partial charge in [-0.1, -0.05) is 24.2 Å². The highest BCUT2D eigenvalue weighted by molar-refractivity contribution is 5.91. The summed E-state index contributed by atoms with van der Waals surface area (Å²) in [5.41, 5.74) is 4.19. The Bertz CT molecular complexity index is 721. The van der Waals surface area contributed by atoms with Crippen LogP contribution in [0.3, 0.4) is 0 Å². The summed E-state index contributed by atoms with van der Waals surface area (Å²) in [7, 11) is 0. The smallest absolute Gasteiger partial charge is 0.264 e. The normalized spacial score (nSPS) is 16.7. The van der Waals surface area contributed by atoms with Gasteiger partial charge in [0.1, 0.15) is 5.75 Å². The monoisotopic (exact) mass is 314 g/mol. The molecule has 122 valence electrons. The van der Waals surface area contributed by atoms with E-state index in [1.807, 2.05) is 32.0 Å². The lowest BCUT2D eigenvalue weighted by Crippen LogP contribution is -2.21. The van der Waals surface area contributed by atoms with Gasteiger partial charge in [0.15, 0.2) is 6.61 Å². The van der Waals surface area contributed by atoms with Crippen molar-refractivity contribution in [3.63, 3.8) is 0 Å². The molecule has 0 unspecified atom stereocenters. The highest BCUT2D eigenvalue weighted by Gasteiger charge is 2.24. The van der Waals surface area contributed by atoms with Crippen LogP contribution >= 0.6 is 0 Å². The van der Waals surface area contributed by atoms with Crippen molar-refractivity contribution in [3.05, 3.63) is 40.6 Å². The lowest BCUT2D eigenvalue weighted by molar-refractivity contribution is -0.118. The molecule has 1 amide bonds. The van der Waals surface area contributed by atoms with Crippen LogP contribution in [-0.2, 0) is 17.6 Å². The molecule has 5 heteroatoms. The second-order valence-corrected chi connectivity index (χ2v) is 6.32. The number of rotatable bonds is 4. The fourth-order valence-corrected chi connectivity index (χ4v) is 2.87. The number of nitrogens with zero attached hydrogens (tertiary/aromatic N) is 1. The number of aryl methyl sites for hydroxylation is 2. The number of amides is 1. The van der Waals surface area contributed by atoms with Crippen LogP contribution in [0.4, 0.5) is 5.88 Å². The van der Waals surface area contributed by atoms with E-state index < -0.39 is 0 Å². The summed E-state index contributed by atoms with van der Waals surface area (Å²) >= 11 is 0. The van der Waals surface area contributed by atoms with Gasteiger partial charge >= 0.3 is 0 Å². The van der Waals surface area contributed by atoms with Crippen LogP contribution in [0, 0.1) is 19.8 Å². The molecule has 1 aromatic heterocycles.